The number of nitrogens with zero attached hydrogens (tertiary/aromatic N) is 5. The lowest BCUT2D eigenvalue weighted by molar-refractivity contribution is -0.0443. The second-order valence-corrected chi connectivity index (χ2v) is 5.50. The highest BCUT2D eigenvalue weighted by Crippen LogP contribution is 2.24. The first-order chi connectivity index (χ1) is 9.65. The number of anilines is 1. The van der Waals surface area contributed by atoms with E-state index in [2.05, 4.69) is 35.9 Å². The van der Waals surface area contributed by atoms with E-state index in [1.165, 1.54) is 0 Å². The van der Waals surface area contributed by atoms with Gasteiger partial charge in [0.2, 0.25) is 0 Å². The van der Waals surface area contributed by atoms with E-state index in [0.717, 1.165) is 49.8 Å². The van der Waals surface area contributed by atoms with Crippen LogP contribution in [0, 0.1) is 0 Å². The molecule has 1 atom stereocenters. The van der Waals surface area contributed by atoms with Crippen LogP contribution in [-0.2, 0) is 11.2 Å². The first-order valence-electron chi connectivity index (χ1n) is 7.25. The molecule has 0 saturated carbocycles. The predicted octanol–water partition coefficient (Wildman–Crippen LogP) is 1.69. The molecule has 2 aromatic heterocycles. The van der Waals surface area contributed by atoms with E-state index in [0.29, 0.717) is 0 Å². The molecule has 2 aromatic rings. The Labute approximate surface area is 118 Å². The van der Waals surface area contributed by atoms with E-state index in [1.54, 1.807) is 0 Å². The number of fused-ring (bicyclic) bond motifs is 1. The molecule has 0 radical (unpaired) electrons. The van der Waals surface area contributed by atoms with Crippen LogP contribution in [0.4, 0.5) is 5.82 Å². The van der Waals surface area contributed by atoms with Crippen molar-refractivity contribution >= 4 is 11.5 Å². The molecule has 3 heterocycles. The quantitative estimate of drug-likeness (QED) is 0.853. The lowest BCUT2D eigenvalue weighted by Crippen LogP contribution is -2.50. The van der Waals surface area contributed by atoms with Crippen molar-refractivity contribution in [1.29, 1.82) is 0 Å². The number of aryl methyl sites for hydroxylation is 1. The number of hydrogen-bond donors (Lipinski definition) is 0. The minimum atomic E-state index is -0.0876. The van der Waals surface area contributed by atoms with Gasteiger partial charge in [0, 0.05) is 19.5 Å². The van der Waals surface area contributed by atoms with E-state index in [1.807, 2.05) is 16.6 Å². The van der Waals surface area contributed by atoms with Gasteiger partial charge in [-0.2, -0.15) is 4.52 Å². The van der Waals surface area contributed by atoms with Crippen molar-refractivity contribution < 1.29 is 4.74 Å². The summed E-state index contributed by atoms with van der Waals surface area (Å²) in [4.78, 5) is 2.28. The highest BCUT2D eigenvalue weighted by atomic mass is 16.5. The third-order valence-corrected chi connectivity index (χ3v) is 4.04. The molecule has 108 valence electrons. The molecular weight excluding hydrogens is 254 g/mol. The lowest BCUT2D eigenvalue weighted by Gasteiger charge is -2.40. The molecule has 6 heteroatoms. The number of rotatable bonds is 3. The van der Waals surface area contributed by atoms with Gasteiger partial charge in [0.05, 0.1) is 12.2 Å². The summed E-state index contributed by atoms with van der Waals surface area (Å²) in [7, 11) is 0. The Kier molecular flexibility index (Phi) is 3.33. The van der Waals surface area contributed by atoms with Crippen molar-refractivity contribution in [3.05, 3.63) is 18.0 Å². The van der Waals surface area contributed by atoms with Crippen LogP contribution in [0.5, 0.6) is 0 Å². The number of ether oxygens (including phenoxy) is 1. The number of aromatic nitrogens is 4. The van der Waals surface area contributed by atoms with Crippen LogP contribution in [0.25, 0.3) is 5.65 Å². The molecular formula is C14H21N5O. The van der Waals surface area contributed by atoms with Gasteiger partial charge < -0.3 is 9.64 Å². The summed E-state index contributed by atoms with van der Waals surface area (Å²) in [5, 5.41) is 13.0. The van der Waals surface area contributed by atoms with E-state index in [9.17, 15) is 0 Å². The summed E-state index contributed by atoms with van der Waals surface area (Å²) in [5.74, 6) is 1.86. The van der Waals surface area contributed by atoms with Gasteiger partial charge in [-0.15, -0.1) is 15.3 Å². The second-order valence-electron chi connectivity index (χ2n) is 5.50. The highest BCUT2D eigenvalue weighted by molar-refractivity contribution is 5.46. The smallest absolute Gasteiger partial charge is 0.178 e. The van der Waals surface area contributed by atoms with Gasteiger partial charge in [-0.05, 0) is 25.5 Å². The fourth-order valence-electron chi connectivity index (χ4n) is 2.55. The molecule has 6 nitrogen and oxygen atoms in total. The van der Waals surface area contributed by atoms with Crippen molar-refractivity contribution in [2.45, 2.75) is 39.2 Å². The first kappa shape index (κ1) is 13.3. The van der Waals surface area contributed by atoms with Gasteiger partial charge in [0.25, 0.3) is 0 Å². The molecule has 1 aliphatic rings. The van der Waals surface area contributed by atoms with Crippen molar-refractivity contribution in [2.75, 3.05) is 24.6 Å². The molecule has 0 bridgehead atoms. The van der Waals surface area contributed by atoms with E-state index in [-0.39, 0.29) is 5.60 Å². The molecule has 0 aromatic carbocycles. The van der Waals surface area contributed by atoms with Crippen LogP contribution in [0.2, 0.25) is 0 Å². The molecule has 1 aliphatic heterocycles. The van der Waals surface area contributed by atoms with Crippen molar-refractivity contribution in [2.24, 2.45) is 0 Å². The Hall–Kier alpha value is -1.69. The molecule has 20 heavy (non-hydrogen) atoms. The minimum absolute atomic E-state index is 0.0876. The van der Waals surface area contributed by atoms with Crippen LogP contribution in [0.1, 0.15) is 33.0 Å². The Bertz CT molecular complexity index is 611. The standard InChI is InChI=1S/C14H21N5O/c1-4-11-15-16-12-6-7-13(17-19(11)12)18-8-9-20-14(3,5-2)10-18/h6-7H,4-5,8-10H2,1-3H3. The summed E-state index contributed by atoms with van der Waals surface area (Å²) in [5.41, 5.74) is 0.715. The van der Waals surface area contributed by atoms with Crippen LogP contribution < -0.4 is 4.90 Å². The Morgan fingerprint density at radius 1 is 1.30 bits per heavy atom. The predicted molar refractivity (Wildman–Crippen MR) is 77.0 cm³/mol. The number of morpholine rings is 1. The number of hydrogen-bond acceptors (Lipinski definition) is 5. The third-order valence-electron chi connectivity index (χ3n) is 4.04. The Balaban J connectivity index is 1.93. The summed E-state index contributed by atoms with van der Waals surface area (Å²) < 4.78 is 7.72. The maximum atomic E-state index is 5.88. The Morgan fingerprint density at radius 3 is 2.90 bits per heavy atom. The summed E-state index contributed by atoms with van der Waals surface area (Å²) >= 11 is 0. The topological polar surface area (TPSA) is 55.5 Å². The summed E-state index contributed by atoms with van der Waals surface area (Å²) in [6.07, 6.45) is 1.83. The molecule has 1 unspecified atom stereocenters. The van der Waals surface area contributed by atoms with Crippen LogP contribution >= 0.6 is 0 Å². The normalized spacial score (nSPS) is 23.4. The SMILES string of the molecule is CCc1nnc2ccc(N3CCOC(C)(CC)C3)nn12. The van der Waals surface area contributed by atoms with E-state index < -0.39 is 0 Å². The van der Waals surface area contributed by atoms with Gasteiger partial charge in [-0.25, -0.2) is 0 Å². The largest absolute Gasteiger partial charge is 0.372 e. The minimum Gasteiger partial charge on any atom is -0.372 e. The fourth-order valence-corrected chi connectivity index (χ4v) is 2.55. The lowest BCUT2D eigenvalue weighted by atomic mass is 10.0. The van der Waals surface area contributed by atoms with Gasteiger partial charge >= 0.3 is 0 Å². The van der Waals surface area contributed by atoms with E-state index in [4.69, 9.17) is 9.84 Å². The summed E-state index contributed by atoms with van der Waals surface area (Å²) in [6, 6.07) is 4.00. The highest BCUT2D eigenvalue weighted by Gasteiger charge is 2.31. The molecule has 0 amide bonds. The van der Waals surface area contributed by atoms with Crippen LogP contribution in [-0.4, -0.2) is 45.1 Å². The maximum absolute atomic E-state index is 5.88. The van der Waals surface area contributed by atoms with E-state index >= 15 is 0 Å². The average molecular weight is 275 g/mol. The third kappa shape index (κ3) is 2.24. The summed E-state index contributed by atoms with van der Waals surface area (Å²) in [6.45, 7) is 8.87. The second kappa shape index (κ2) is 5.01. The zero-order valence-electron chi connectivity index (χ0n) is 12.3. The zero-order chi connectivity index (χ0) is 14.2. The van der Waals surface area contributed by atoms with Gasteiger partial charge in [-0.1, -0.05) is 13.8 Å². The van der Waals surface area contributed by atoms with Crippen molar-refractivity contribution in [3.63, 3.8) is 0 Å². The average Bonchev–Trinajstić information content (AvgIpc) is 2.89. The van der Waals surface area contributed by atoms with Crippen molar-refractivity contribution in [1.82, 2.24) is 19.8 Å². The first-order valence-corrected chi connectivity index (χ1v) is 7.25. The van der Waals surface area contributed by atoms with Crippen molar-refractivity contribution in [3.8, 4) is 0 Å². The molecule has 0 N–H and O–H groups in total. The monoisotopic (exact) mass is 275 g/mol. The molecule has 1 saturated heterocycles. The zero-order valence-corrected chi connectivity index (χ0v) is 12.3. The van der Waals surface area contributed by atoms with Crippen LogP contribution in [0.3, 0.4) is 0 Å². The van der Waals surface area contributed by atoms with Gasteiger partial charge in [-0.3, -0.25) is 0 Å². The molecule has 3 rings (SSSR count). The Morgan fingerprint density at radius 2 is 2.15 bits per heavy atom. The molecule has 0 spiro atoms. The van der Waals surface area contributed by atoms with Crippen LogP contribution in [0.15, 0.2) is 12.1 Å². The molecule has 1 fully saturated rings. The van der Waals surface area contributed by atoms with Gasteiger partial charge in [0.1, 0.15) is 5.82 Å². The molecule has 0 aliphatic carbocycles. The fraction of sp³-hybridized carbons (Fsp3) is 0.643. The van der Waals surface area contributed by atoms with Gasteiger partial charge in [0.15, 0.2) is 11.5 Å². The maximum Gasteiger partial charge on any atom is 0.178 e.